The van der Waals surface area contributed by atoms with E-state index in [0.717, 1.165) is 17.8 Å². The first-order valence-corrected chi connectivity index (χ1v) is 5.87. The number of fused-ring (bicyclic) bond motifs is 1. The van der Waals surface area contributed by atoms with Crippen LogP contribution in [-0.4, -0.2) is 40.5 Å². The lowest BCUT2D eigenvalue weighted by Gasteiger charge is -2.03. The largest absolute Gasteiger partial charge is 0.462 e. The number of nitrogens with zero attached hydrogens (tertiary/aromatic N) is 3. The van der Waals surface area contributed by atoms with Crippen LogP contribution in [0.2, 0.25) is 0 Å². The van der Waals surface area contributed by atoms with Crippen molar-refractivity contribution in [1.29, 1.82) is 0 Å². The summed E-state index contributed by atoms with van der Waals surface area (Å²) in [4.78, 5) is 11.8. The molecule has 98 valence electrons. The van der Waals surface area contributed by atoms with Crippen LogP contribution in [0.4, 0.5) is 0 Å². The number of imidazole rings is 1. The highest BCUT2D eigenvalue weighted by atomic mass is 16.5. The van der Waals surface area contributed by atoms with E-state index in [-0.39, 0.29) is 5.97 Å². The first-order chi connectivity index (χ1) is 8.69. The van der Waals surface area contributed by atoms with Crippen molar-refractivity contribution in [1.82, 2.24) is 14.2 Å². The second kappa shape index (κ2) is 5.22. The van der Waals surface area contributed by atoms with Gasteiger partial charge in [-0.15, -0.1) is 0 Å². The molecule has 0 spiro atoms. The van der Waals surface area contributed by atoms with Crippen LogP contribution in [0.3, 0.4) is 0 Å². The fraction of sp³-hybridized carbons (Fsp3) is 0.500. The number of aromatic nitrogens is 3. The minimum atomic E-state index is -0.341. The molecule has 0 radical (unpaired) electrons. The lowest BCUT2D eigenvalue weighted by atomic mass is 10.3. The van der Waals surface area contributed by atoms with Gasteiger partial charge in [-0.1, -0.05) is 0 Å². The molecule has 0 amide bonds. The summed E-state index contributed by atoms with van der Waals surface area (Å²) in [5.41, 5.74) is 2.30. The van der Waals surface area contributed by atoms with Crippen molar-refractivity contribution < 1.29 is 14.3 Å². The Morgan fingerprint density at radius 1 is 1.50 bits per heavy atom. The molecule has 2 heterocycles. The number of esters is 1. The van der Waals surface area contributed by atoms with E-state index in [1.807, 2.05) is 17.8 Å². The van der Waals surface area contributed by atoms with Gasteiger partial charge in [-0.3, -0.25) is 0 Å². The van der Waals surface area contributed by atoms with E-state index in [1.54, 1.807) is 18.5 Å². The van der Waals surface area contributed by atoms with Crippen molar-refractivity contribution in [3.63, 3.8) is 0 Å². The zero-order valence-corrected chi connectivity index (χ0v) is 10.8. The van der Waals surface area contributed by atoms with Crippen LogP contribution in [0.5, 0.6) is 0 Å². The van der Waals surface area contributed by atoms with Gasteiger partial charge in [0.1, 0.15) is 11.2 Å². The van der Waals surface area contributed by atoms with Crippen LogP contribution >= 0.6 is 0 Å². The van der Waals surface area contributed by atoms with Gasteiger partial charge in [0.15, 0.2) is 0 Å². The molecule has 0 aliphatic heterocycles. The Bertz CT molecular complexity index is 556. The predicted octanol–water partition coefficient (Wildman–Crippen LogP) is 1.04. The second-order valence-electron chi connectivity index (χ2n) is 3.97. The number of hydrogen-bond donors (Lipinski definition) is 0. The molecule has 2 aromatic rings. The molecule has 0 saturated carbocycles. The molecule has 0 N–H and O–H groups in total. The number of ether oxygens (including phenoxy) is 2. The highest BCUT2D eigenvalue weighted by Gasteiger charge is 2.18. The maximum Gasteiger partial charge on any atom is 0.343 e. The van der Waals surface area contributed by atoms with E-state index in [4.69, 9.17) is 9.47 Å². The number of rotatable bonds is 5. The summed E-state index contributed by atoms with van der Waals surface area (Å²) in [7, 11) is 3.57. The average molecular weight is 251 g/mol. The SMILES string of the molecule is CCOC(=O)c1cnn2cc(CCOC)n(C)c12. The molecular weight excluding hydrogens is 234 g/mol. The minimum Gasteiger partial charge on any atom is -0.462 e. The number of carbonyl (C=O) groups is 1. The number of aryl methyl sites for hydroxylation is 1. The molecular formula is C12H17N3O3. The van der Waals surface area contributed by atoms with Gasteiger partial charge in [-0.05, 0) is 6.92 Å². The van der Waals surface area contributed by atoms with Crippen molar-refractivity contribution in [2.24, 2.45) is 7.05 Å². The lowest BCUT2D eigenvalue weighted by Crippen LogP contribution is -2.07. The maximum absolute atomic E-state index is 11.8. The van der Waals surface area contributed by atoms with Gasteiger partial charge >= 0.3 is 5.97 Å². The quantitative estimate of drug-likeness (QED) is 0.745. The molecule has 0 aliphatic rings. The van der Waals surface area contributed by atoms with Crippen LogP contribution in [0.15, 0.2) is 12.4 Å². The van der Waals surface area contributed by atoms with Crippen molar-refractivity contribution >= 4 is 11.6 Å². The molecule has 0 aromatic carbocycles. The van der Waals surface area contributed by atoms with Crippen molar-refractivity contribution in [2.45, 2.75) is 13.3 Å². The highest BCUT2D eigenvalue weighted by Crippen LogP contribution is 2.15. The van der Waals surface area contributed by atoms with Gasteiger partial charge < -0.3 is 14.0 Å². The Kier molecular flexibility index (Phi) is 3.66. The Hall–Kier alpha value is -1.82. The van der Waals surface area contributed by atoms with Gasteiger partial charge in [0.2, 0.25) is 0 Å². The fourth-order valence-electron chi connectivity index (χ4n) is 1.94. The minimum absolute atomic E-state index is 0.341. The van der Waals surface area contributed by atoms with E-state index in [9.17, 15) is 4.79 Å². The highest BCUT2D eigenvalue weighted by molar-refractivity contribution is 5.95. The Morgan fingerprint density at radius 2 is 2.28 bits per heavy atom. The van der Waals surface area contributed by atoms with E-state index in [1.165, 1.54) is 6.20 Å². The van der Waals surface area contributed by atoms with E-state index < -0.39 is 0 Å². The molecule has 0 unspecified atom stereocenters. The molecule has 6 nitrogen and oxygen atoms in total. The third-order valence-corrected chi connectivity index (χ3v) is 2.85. The molecule has 0 bridgehead atoms. The smallest absolute Gasteiger partial charge is 0.343 e. The summed E-state index contributed by atoms with van der Waals surface area (Å²) >= 11 is 0. The van der Waals surface area contributed by atoms with Gasteiger partial charge in [0, 0.05) is 26.3 Å². The fourth-order valence-corrected chi connectivity index (χ4v) is 1.94. The number of methoxy groups -OCH3 is 1. The van der Waals surface area contributed by atoms with Crippen molar-refractivity contribution in [3.8, 4) is 0 Å². The molecule has 0 aliphatic carbocycles. The summed E-state index contributed by atoms with van der Waals surface area (Å²) in [6, 6.07) is 0. The van der Waals surface area contributed by atoms with E-state index >= 15 is 0 Å². The molecule has 2 rings (SSSR count). The van der Waals surface area contributed by atoms with Gasteiger partial charge in [0.25, 0.3) is 0 Å². The molecule has 0 atom stereocenters. The van der Waals surface area contributed by atoms with Crippen molar-refractivity contribution in [2.75, 3.05) is 20.3 Å². The Balaban J connectivity index is 2.38. The molecule has 6 heteroatoms. The summed E-state index contributed by atoms with van der Waals surface area (Å²) < 4.78 is 13.7. The summed E-state index contributed by atoms with van der Waals surface area (Å²) in [6.45, 7) is 2.78. The van der Waals surface area contributed by atoms with E-state index in [0.29, 0.717) is 18.8 Å². The third kappa shape index (κ3) is 2.11. The summed E-state index contributed by atoms with van der Waals surface area (Å²) in [6.07, 6.45) is 4.21. The van der Waals surface area contributed by atoms with Gasteiger partial charge in [-0.25, -0.2) is 9.31 Å². The zero-order chi connectivity index (χ0) is 13.1. The Morgan fingerprint density at radius 3 is 2.94 bits per heavy atom. The third-order valence-electron chi connectivity index (χ3n) is 2.85. The zero-order valence-electron chi connectivity index (χ0n) is 10.8. The molecule has 0 saturated heterocycles. The van der Waals surface area contributed by atoms with Gasteiger partial charge in [0.05, 0.1) is 25.6 Å². The Labute approximate surface area is 105 Å². The summed E-state index contributed by atoms with van der Waals surface area (Å²) in [5, 5.41) is 4.17. The first-order valence-electron chi connectivity index (χ1n) is 5.87. The molecule has 2 aromatic heterocycles. The van der Waals surface area contributed by atoms with Crippen LogP contribution in [-0.2, 0) is 22.9 Å². The monoisotopic (exact) mass is 251 g/mol. The number of hydrogen-bond acceptors (Lipinski definition) is 4. The van der Waals surface area contributed by atoms with Crippen LogP contribution in [0.1, 0.15) is 23.0 Å². The second-order valence-corrected chi connectivity index (χ2v) is 3.97. The summed E-state index contributed by atoms with van der Waals surface area (Å²) in [5.74, 6) is -0.341. The van der Waals surface area contributed by atoms with Crippen LogP contribution in [0, 0.1) is 0 Å². The molecule has 18 heavy (non-hydrogen) atoms. The topological polar surface area (TPSA) is 57.8 Å². The standard InChI is InChI=1S/C12H17N3O3/c1-4-18-12(16)10-7-13-15-8-9(5-6-17-3)14(2)11(10)15/h7-8H,4-6H2,1-3H3. The van der Waals surface area contributed by atoms with E-state index in [2.05, 4.69) is 5.10 Å². The van der Waals surface area contributed by atoms with Crippen molar-refractivity contribution in [3.05, 3.63) is 23.7 Å². The van der Waals surface area contributed by atoms with Crippen LogP contribution < -0.4 is 0 Å². The maximum atomic E-state index is 11.8. The first kappa shape index (κ1) is 12.6. The van der Waals surface area contributed by atoms with Crippen LogP contribution in [0.25, 0.3) is 5.65 Å². The predicted molar refractivity (Wildman–Crippen MR) is 65.7 cm³/mol. The number of carbonyl (C=O) groups excluding carboxylic acids is 1. The normalized spacial score (nSPS) is 11.1. The van der Waals surface area contributed by atoms with Gasteiger partial charge in [-0.2, -0.15) is 5.10 Å². The average Bonchev–Trinajstić information content (AvgIpc) is 2.88. The lowest BCUT2D eigenvalue weighted by molar-refractivity contribution is 0.0528. The molecule has 0 fully saturated rings.